The molecule has 0 bridgehead atoms. The average Bonchev–Trinajstić information content (AvgIpc) is 3.23. The van der Waals surface area contributed by atoms with Crippen molar-refractivity contribution in [3.63, 3.8) is 0 Å². The van der Waals surface area contributed by atoms with Crippen LogP contribution in [0.1, 0.15) is 30.1 Å². The molecule has 1 atom stereocenters. The number of nitrogens with zero attached hydrogens (tertiary/aromatic N) is 2. The van der Waals surface area contributed by atoms with Gasteiger partial charge in [-0.1, -0.05) is 30.3 Å². The number of rotatable bonds is 7. The molecule has 1 aliphatic carbocycles. The van der Waals surface area contributed by atoms with E-state index in [2.05, 4.69) is 27.0 Å². The van der Waals surface area contributed by atoms with Crippen molar-refractivity contribution in [2.45, 2.75) is 37.9 Å². The Morgan fingerprint density at radius 1 is 1.30 bits per heavy atom. The SMILES string of the molecule is OCC(Cc1ccccc1)NCc1cncn1C1CC1. The summed E-state index contributed by atoms with van der Waals surface area (Å²) in [6.45, 7) is 0.904. The van der Waals surface area contributed by atoms with Crippen LogP contribution in [-0.4, -0.2) is 27.3 Å². The molecule has 4 nitrogen and oxygen atoms in total. The lowest BCUT2D eigenvalue weighted by Crippen LogP contribution is -2.34. The molecule has 1 fully saturated rings. The van der Waals surface area contributed by atoms with Crippen LogP contribution in [0.2, 0.25) is 0 Å². The third-order valence-corrected chi connectivity index (χ3v) is 3.80. The summed E-state index contributed by atoms with van der Waals surface area (Å²) in [5.41, 5.74) is 2.45. The lowest BCUT2D eigenvalue weighted by molar-refractivity contribution is 0.240. The number of benzene rings is 1. The third-order valence-electron chi connectivity index (χ3n) is 3.80. The molecule has 1 aliphatic rings. The van der Waals surface area contributed by atoms with Crippen LogP contribution in [0.15, 0.2) is 42.9 Å². The maximum Gasteiger partial charge on any atom is 0.0951 e. The van der Waals surface area contributed by atoms with Gasteiger partial charge in [0, 0.05) is 24.8 Å². The largest absolute Gasteiger partial charge is 0.395 e. The van der Waals surface area contributed by atoms with Gasteiger partial charge in [-0.25, -0.2) is 4.98 Å². The Balaban J connectivity index is 1.56. The first-order valence-electron chi connectivity index (χ1n) is 7.25. The zero-order chi connectivity index (χ0) is 13.8. The van der Waals surface area contributed by atoms with Crippen LogP contribution in [0.5, 0.6) is 0 Å². The van der Waals surface area contributed by atoms with Gasteiger partial charge in [0.1, 0.15) is 0 Å². The fourth-order valence-electron chi connectivity index (χ4n) is 2.50. The summed E-state index contributed by atoms with van der Waals surface area (Å²) in [6.07, 6.45) is 7.20. The van der Waals surface area contributed by atoms with Crippen molar-refractivity contribution in [1.82, 2.24) is 14.9 Å². The lowest BCUT2D eigenvalue weighted by Gasteiger charge is -2.17. The molecule has 0 aliphatic heterocycles. The molecular formula is C16H21N3O. The van der Waals surface area contributed by atoms with Gasteiger partial charge in [-0.2, -0.15) is 0 Å². The normalized spacial score (nSPS) is 16.2. The molecule has 2 aromatic rings. The first-order chi connectivity index (χ1) is 9.86. The second kappa shape index (κ2) is 6.20. The number of hydrogen-bond donors (Lipinski definition) is 2. The van der Waals surface area contributed by atoms with Crippen molar-refractivity contribution >= 4 is 0 Å². The summed E-state index contributed by atoms with van der Waals surface area (Å²) in [4.78, 5) is 4.23. The summed E-state index contributed by atoms with van der Waals surface area (Å²) in [7, 11) is 0. The minimum atomic E-state index is 0.0833. The van der Waals surface area contributed by atoms with Crippen LogP contribution >= 0.6 is 0 Å². The predicted octanol–water partition coefficient (Wildman–Crippen LogP) is 1.91. The Morgan fingerprint density at radius 3 is 2.80 bits per heavy atom. The van der Waals surface area contributed by atoms with E-state index in [-0.39, 0.29) is 12.6 Å². The Bertz CT molecular complexity index is 534. The number of aliphatic hydroxyl groups excluding tert-OH is 1. The summed E-state index contributed by atoms with van der Waals surface area (Å²) in [5, 5.41) is 13.0. The van der Waals surface area contributed by atoms with Crippen molar-refractivity contribution in [3.8, 4) is 0 Å². The van der Waals surface area contributed by atoms with E-state index in [1.807, 2.05) is 30.7 Å². The number of imidazole rings is 1. The van der Waals surface area contributed by atoms with Crippen molar-refractivity contribution in [2.75, 3.05) is 6.61 Å². The molecule has 1 aromatic carbocycles. The summed E-state index contributed by atoms with van der Waals surface area (Å²) >= 11 is 0. The summed E-state index contributed by atoms with van der Waals surface area (Å²) in [6, 6.07) is 11.0. The van der Waals surface area contributed by atoms with E-state index in [9.17, 15) is 5.11 Å². The molecule has 0 radical (unpaired) electrons. The first kappa shape index (κ1) is 13.3. The highest BCUT2D eigenvalue weighted by Gasteiger charge is 2.25. The molecule has 1 unspecified atom stereocenters. The van der Waals surface area contributed by atoms with Crippen LogP contribution in [0.25, 0.3) is 0 Å². The molecule has 4 heteroatoms. The monoisotopic (exact) mass is 271 g/mol. The van der Waals surface area contributed by atoms with E-state index < -0.39 is 0 Å². The van der Waals surface area contributed by atoms with Gasteiger partial charge in [-0.3, -0.25) is 0 Å². The molecule has 0 saturated heterocycles. The lowest BCUT2D eigenvalue weighted by atomic mass is 10.1. The molecule has 0 amide bonds. The number of nitrogens with one attached hydrogen (secondary N) is 1. The Kier molecular flexibility index (Phi) is 4.14. The number of hydrogen-bond acceptors (Lipinski definition) is 3. The quantitative estimate of drug-likeness (QED) is 0.809. The van der Waals surface area contributed by atoms with E-state index >= 15 is 0 Å². The van der Waals surface area contributed by atoms with Crippen LogP contribution in [-0.2, 0) is 13.0 Å². The van der Waals surface area contributed by atoms with Crippen molar-refractivity contribution in [2.24, 2.45) is 0 Å². The number of aromatic nitrogens is 2. The van der Waals surface area contributed by atoms with Crippen molar-refractivity contribution < 1.29 is 5.11 Å². The molecule has 2 N–H and O–H groups in total. The van der Waals surface area contributed by atoms with Crippen LogP contribution in [0, 0.1) is 0 Å². The molecule has 106 valence electrons. The zero-order valence-corrected chi connectivity index (χ0v) is 11.6. The van der Waals surface area contributed by atoms with Crippen LogP contribution in [0.3, 0.4) is 0 Å². The maximum atomic E-state index is 9.52. The van der Waals surface area contributed by atoms with Crippen molar-refractivity contribution in [3.05, 3.63) is 54.1 Å². The topological polar surface area (TPSA) is 50.1 Å². The second-order valence-electron chi connectivity index (χ2n) is 5.47. The molecule has 1 saturated carbocycles. The molecule has 3 rings (SSSR count). The third kappa shape index (κ3) is 3.26. The van der Waals surface area contributed by atoms with Gasteiger partial charge in [0.15, 0.2) is 0 Å². The molecule has 20 heavy (non-hydrogen) atoms. The van der Waals surface area contributed by atoms with Gasteiger partial charge in [-0.05, 0) is 24.8 Å². The highest BCUT2D eigenvalue weighted by Crippen LogP contribution is 2.35. The standard InChI is InChI=1S/C16H21N3O/c20-11-14(8-13-4-2-1-3-5-13)18-10-16-9-17-12-19(16)15-6-7-15/h1-5,9,12,14-15,18,20H,6-8,10-11H2. The Hall–Kier alpha value is -1.65. The van der Waals surface area contributed by atoms with E-state index in [0.29, 0.717) is 6.04 Å². The van der Waals surface area contributed by atoms with Crippen LogP contribution in [0.4, 0.5) is 0 Å². The van der Waals surface area contributed by atoms with E-state index in [4.69, 9.17) is 0 Å². The van der Waals surface area contributed by atoms with Gasteiger partial charge in [0.2, 0.25) is 0 Å². The molecule has 0 spiro atoms. The van der Waals surface area contributed by atoms with Gasteiger partial charge in [0.25, 0.3) is 0 Å². The highest BCUT2D eigenvalue weighted by atomic mass is 16.3. The van der Waals surface area contributed by atoms with E-state index in [1.165, 1.54) is 24.1 Å². The van der Waals surface area contributed by atoms with Crippen LogP contribution < -0.4 is 5.32 Å². The smallest absolute Gasteiger partial charge is 0.0951 e. The average molecular weight is 271 g/mol. The van der Waals surface area contributed by atoms with Gasteiger partial charge < -0.3 is 15.0 Å². The van der Waals surface area contributed by atoms with Gasteiger partial charge in [-0.15, -0.1) is 0 Å². The summed E-state index contributed by atoms with van der Waals surface area (Å²) in [5.74, 6) is 0. The maximum absolute atomic E-state index is 9.52. The van der Waals surface area contributed by atoms with E-state index in [0.717, 1.165) is 13.0 Å². The highest BCUT2D eigenvalue weighted by molar-refractivity contribution is 5.16. The minimum absolute atomic E-state index is 0.0833. The van der Waals surface area contributed by atoms with Gasteiger partial charge in [0.05, 0.1) is 18.6 Å². The molecule has 1 aromatic heterocycles. The number of aliphatic hydroxyl groups is 1. The van der Waals surface area contributed by atoms with E-state index in [1.54, 1.807) is 0 Å². The second-order valence-corrected chi connectivity index (χ2v) is 5.47. The Labute approximate surface area is 119 Å². The van der Waals surface area contributed by atoms with Gasteiger partial charge >= 0.3 is 0 Å². The zero-order valence-electron chi connectivity index (χ0n) is 11.6. The van der Waals surface area contributed by atoms with Crippen molar-refractivity contribution in [1.29, 1.82) is 0 Å². The first-order valence-corrected chi connectivity index (χ1v) is 7.25. The fourth-order valence-corrected chi connectivity index (χ4v) is 2.50. The Morgan fingerprint density at radius 2 is 2.10 bits per heavy atom. The molecular weight excluding hydrogens is 250 g/mol. The predicted molar refractivity (Wildman–Crippen MR) is 78.4 cm³/mol. The molecule has 1 heterocycles. The summed E-state index contributed by atoms with van der Waals surface area (Å²) < 4.78 is 2.25. The fraction of sp³-hybridized carbons (Fsp3) is 0.438. The minimum Gasteiger partial charge on any atom is -0.395 e.